The van der Waals surface area contributed by atoms with Crippen LogP contribution in [0.25, 0.3) is 11.4 Å². The van der Waals surface area contributed by atoms with Crippen molar-refractivity contribution in [3.8, 4) is 17.4 Å². The van der Waals surface area contributed by atoms with Crippen molar-refractivity contribution in [1.29, 1.82) is 0 Å². The molecule has 2 aromatic rings. The Morgan fingerprint density at radius 2 is 1.81 bits per heavy atom. The van der Waals surface area contributed by atoms with E-state index in [1.54, 1.807) is 24.3 Å². The van der Waals surface area contributed by atoms with Crippen molar-refractivity contribution in [3.05, 3.63) is 29.3 Å². The molecule has 2 rings (SSSR count). The van der Waals surface area contributed by atoms with Gasteiger partial charge < -0.3 is 10.5 Å². The Hall–Kier alpha value is -1.88. The van der Waals surface area contributed by atoms with Crippen molar-refractivity contribution in [1.82, 2.24) is 15.0 Å². The summed E-state index contributed by atoms with van der Waals surface area (Å²) >= 11 is 5.79. The van der Waals surface area contributed by atoms with E-state index in [0.717, 1.165) is 5.56 Å². The van der Waals surface area contributed by atoms with Crippen LogP contribution < -0.4 is 10.5 Å². The fourth-order valence-corrected chi connectivity index (χ4v) is 1.32. The number of nitrogens with zero attached hydrogens (tertiary/aromatic N) is 3. The Kier molecular flexibility index (Phi) is 2.87. The van der Waals surface area contributed by atoms with Crippen LogP contribution in [0.3, 0.4) is 0 Å². The Bertz CT molecular complexity index is 501. The minimum absolute atomic E-state index is 0.122. The fraction of sp³-hybridized carbons (Fsp3) is 0.100. The maximum Gasteiger partial charge on any atom is 0.321 e. The summed E-state index contributed by atoms with van der Waals surface area (Å²) in [4.78, 5) is 11.9. The minimum Gasteiger partial charge on any atom is -0.467 e. The molecule has 0 amide bonds. The number of halogens is 1. The molecular weight excluding hydrogens is 228 g/mol. The van der Waals surface area contributed by atoms with Gasteiger partial charge in [-0.25, -0.2) is 0 Å². The van der Waals surface area contributed by atoms with E-state index in [1.807, 2.05) is 0 Å². The molecule has 0 spiro atoms. The third-order valence-corrected chi connectivity index (χ3v) is 2.17. The molecule has 0 aliphatic carbocycles. The second-order valence-electron chi connectivity index (χ2n) is 3.01. The molecule has 1 aromatic heterocycles. The third-order valence-electron chi connectivity index (χ3n) is 1.92. The van der Waals surface area contributed by atoms with Gasteiger partial charge >= 0.3 is 6.01 Å². The highest BCUT2D eigenvalue weighted by atomic mass is 35.5. The van der Waals surface area contributed by atoms with E-state index in [1.165, 1.54) is 7.11 Å². The van der Waals surface area contributed by atoms with E-state index in [9.17, 15) is 0 Å². The van der Waals surface area contributed by atoms with Gasteiger partial charge in [-0.1, -0.05) is 11.6 Å². The number of methoxy groups -OCH3 is 1. The average Bonchev–Trinajstić information content (AvgIpc) is 2.29. The normalized spacial score (nSPS) is 10.1. The van der Waals surface area contributed by atoms with Gasteiger partial charge in [-0.2, -0.15) is 15.0 Å². The first-order valence-corrected chi connectivity index (χ1v) is 4.88. The molecule has 16 heavy (non-hydrogen) atoms. The lowest BCUT2D eigenvalue weighted by Crippen LogP contribution is -2.02. The van der Waals surface area contributed by atoms with Crippen LogP contribution in [-0.4, -0.2) is 22.1 Å². The van der Waals surface area contributed by atoms with Gasteiger partial charge in [-0.05, 0) is 24.3 Å². The molecule has 0 bridgehead atoms. The molecule has 6 heteroatoms. The highest BCUT2D eigenvalue weighted by Crippen LogP contribution is 2.19. The number of nitrogens with two attached hydrogens (primary N) is 1. The standard InChI is InChI=1S/C10H9ClN4O/c1-16-10-14-8(13-9(12)15-10)6-2-4-7(11)5-3-6/h2-5H,1H3,(H2,12,13,14,15). The summed E-state index contributed by atoms with van der Waals surface area (Å²) in [6.45, 7) is 0. The van der Waals surface area contributed by atoms with Crippen molar-refractivity contribution in [2.24, 2.45) is 0 Å². The quantitative estimate of drug-likeness (QED) is 0.860. The van der Waals surface area contributed by atoms with Gasteiger partial charge in [0.15, 0.2) is 5.82 Å². The van der Waals surface area contributed by atoms with Crippen LogP contribution in [0.15, 0.2) is 24.3 Å². The topological polar surface area (TPSA) is 73.9 Å². The SMILES string of the molecule is COc1nc(N)nc(-c2ccc(Cl)cc2)n1. The van der Waals surface area contributed by atoms with Crippen molar-refractivity contribution >= 4 is 17.5 Å². The number of ether oxygens (including phenoxy) is 1. The molecule has 0 aliphatic heterocycles. The molecule has 82 valence electrons. The van der Waals surface area contributed by atoms with Crippen molar-refractivity contribution in [3.63, 3.8) is 0 Å². The number of rotatable bonds is 2. The van der Waals surface area contributed by atoms with Gasteiger partial charge in [0.25, 0.3) is 0 Å². The molecular formula is C10H9ClN4O. The number of hydrogen-bond donors (Lipinski definition) is 1. The molecule has 0 saturated carbocycles. The van der Waals surface area contributed by atoms with Crippen LogP contribution in [0.4, 0.5) is 5.95 Å². The largest absolute Gasteiger partial charge is 0.467 e. The maximum absolute atomic E-state index is 5.79. The Balaban J connectivity index is 2.47. The fourth-order valence-electron chi connectivity index (χ4n) is 1.19. The predicted octanol–water partition coefficient (Wildman–Crippen LogP) is 1.78. The van der Waals surface area contributed by atoms with E-state index < -0.39 is 0 Å². The number of anilines is 1. The Labute approximate surface area is 97.3 Å². The third kappa shape index (κ3) is 2.20. The van der Waals surface area contributed by atoms with E-state index in [-0.39, 0.29) is 12.0 Å². The Morgan fingerprint density at radius 1 is 1.12 bits per heavy atom. The summed E-state index contributed by atoms with van der Waals surface area (Å²) < 4.78 is 4.91. The van der Waals surface area contributed by atoms with Crippen LogP contribution in [0.5, 0.6) is 6.01 Å². The molecule has 0 atom stereocenters. The van der Waals surface area contributed by atoms with E-state index in [2.05, 4.69) is 15.0 Å². The number of nitrogen functional groups attached to an aromatic ring is 1. The molecule has 0 fully saturated rings. The van der Waals surface area contributed by atoms with Crippen LogP contribution in [0.2, 0.25) is 5.02 Å². The van der Waals surface area contributed by atoms with E-state index in [0.29, 0.717) is 10.8 Å². The van der Waals surface area contributed by atoms with Gasteiger partial charge in [0.1, 0.15) is 0 Å². The number of aromatic nitrogens is 3. The monoisotopic (exact) mass is 236 g/mol. The Morgan fingerprint density at radius 3 is 2.44 bits per heavy atom. The van der Waals surface area contributed by atoms with Crippen LogP contribution in [-0.2, 0) is 0 Å². The summed E-state index contributed by atoms with van der Waals surface area (Å²) in [5, 5.41) is 0.651. The smallest absolute Gasteiger partial charge is 0.321 e. The molecule has 1 aromatic carbocycles. The lowest BCUT2D eigenvalue weighted by Gasteiger charge is -2.03. The summed E-state index contributed by atoms with van der Waals surface area (Å²) in [7, 11) is 1.47. The molecule has 5 nitrogen and oxygen atoms in total. The van der Waals surface area contributed by atoms with Crippen molar-refractivity contribution in [2.45, 2.75) is 0 Å². The summed E-state index contributed by atoms with van der Waals surface area (Å²) in [6, 6.07) is 7.30. The van der Waals surface area contributed by atoms with Gasteiger partial charge in [0.2, 0.25) is 5.95 Å². The number of benzene rings is 1. The van der Waals surface area contributed by atoms with Crippen LogP contribution in [0, 0.1) is 0 Å². The second kappa shape index (κ2) is 4.32. The van der Waals surface area contributed by atoms with Crippen molar-refractivity contribution < 1.29 is 4.74 Å². The van der Waals surface area contributed by atoms with Gasteiger partial charge in [-0.3, -0.25) is 0 Å². The summed E-state index contributed by atoms with van der Waals surface area (Å²) in [5.41, 5.74) is 6.34. The summed E-state index contributed by atoms with van der Waals surface area (Å²) in [5.74, 6) is 0.581. The first kappa shape index (κ1) is 10.6. The highest BCUT2D eigenvalue weighted by Gasteiger charge is 2.06. The molecule has 0 radical (unpaired) electrons. The van der Waals surface area contributed by atoms with E-state index in [4.69, 9.17) is 22.1 Å². The van der Waals surface area contributed by atoms with Crippen LogP contribution >= 0.6 is 11.6 Å². The maximum atomic E-state index is 5.79. The highest BCUT2D eigenvalue weighted by molar-refractivity contribution is 6.30. The molecule has 1 heterocycles. The molecule has 0 aliphatic rings. The average molecular weight is 237 g/mol. The molecule has 2 N–H and O–H groups in total. The van der Waals surface area contributed by atoms with E-state index >= 15 is 0 Å². The summed E-state index contributed by atoms with van der Waals surface area (Å²) in [6.07, 6.45) is 0. The first-order valence-electron chi connectivity index (χ1n) is 4.50. The van der Waals surface area contributed by atoms with Crippen molar-refractivity contribution in [2.75, 3.05) is 12.8 Å². The zero-order valence-corrected chi connectivity index (χ0v) is 9.27. The number of hydrogen-bond acceptors (Lipinski definition) is 5. The lowest BCUT2D eigenvalue weighted by molar-refractivity contribution is 0.379. The van der Waals surface area contributed by atoms with Crippen LogP contribution in [0.1, 0.15) is 0 Å². The minimum atomic E-state index is 0.122. The second-order valence-corrected chi connectivity index (χ2v) is 3.45. The van der Waals surface area contributed by atoms with Gasteiger partial charge in [0, 0.05) is 10.6 Å². The predicted molar refractivity (Wildman–Crippen MR) is 61.2 cm³/mol. The first-order chi connectivity index (χ1) is 7.69. The zero-order chi connectivity index (χ0) is 11.5. The lowest BCUT2D eigenvalue weighted by atomic mass is 10.2. The molecule has 0 saturated heterocycles. The zero-order valence-electron chi connectivity index (χ0n) is 8.51. The molecule has 0 unspecified atom stereocenters. The van der Waals surface area contributed by atoms with Gasteiger partial charge in [-0.15, -0.1) is 0 Å². The van der Waals surface area contributed by atoms with Gasteiger partial charge in [0.05, 0.1) is 7.11 Å².